The second kappa shape index (κ2) is 12.0. The zero-order valence-corrected chi connectivity index (χ0v) is 19.1. The molecule has 174 valence electrons. The molecule has 2 amide bonds. The molecule has 0 saturated carbocycles. The third kappa shape index (κ3) is 7.01. The number of alkyl carbamates (subject to hydrolysis) is 1. The van der Waals surface area contributed by atoms with Gasteiger partial charge < -0.3 is 25.5 Å². The first kappa shape index (κ1) is 24.2. The molecule has 0 bridgehead atoms. The van der Waals surface area contributed by atoms with Crippen LogP contribution >= 0.6 is 11.8 Å². The van der Waals surface area contributed by atoms with Crippen molar-refractivity contribution in [2.24, 2.45) is 0 Å². The topological polar surface area (TPSA) is 121 Å². The van der Waals surface area contributed by atoms with Crippen LogP contribution in [0.4, 0.5) is 4.79 Å². The van der Waals surface area contributed by atoms with Gasteiger partial charge in [-0.05, 0) is 35.6 Å². The maximum atomic E-state index is 12.9. The highest BCUT2D eigenvalue weighted by molar-refractivity contribution is 7.98. The number of amides is 2. The number of rotatable bonds is 11. The smallest absolute Gasteiger partial charge is 0.408 e. The summed E-state index contributed by atoms with van der Waals surface area (Å²) in [7, 11) is 0. The Kier molecular flexibility index (Phi) is 8.77. The molecule has 33 heavy (non-hydrogen) atoms. The summed E-state index contributed by atoms with van der Waals surface area (Å²) in [4.78, 5) is 40.2. The van der Waals surface area contributed by atoms with Gasteiger partial charge in [0.1, 0.15) is 18.7 Å². The minimum atomic E-state index is -1.15. The average molecular weight is 470 g/mol. The molecular weight excluding hydrogens is 442 g/mol. The van der Waals surface area contributed by atoms with Crippen molar-refractivity contribution in [3.8, 4) is 0 Å². The maximum absolute atomic E-state index is 12.9. The first-order chi connectivity index (χ1) is 16.0. The van der Waals surface area contributed by atoms with Crippen LogP contribution in [0.15, 0.2) is 60.8 Å². The first-order valence-corrected chi connectivity index (χ1v) is 11.9. The summed E-state index contributed by atoms with van der Waals surface area (Å²) >= 11 is 1.52. The molecule has 0 spiro atoms. The molecule has 3 aromatic rings. The standard InChI is InChI=1S/C24H27N3O5S/c1-33-12-11-20(27-24(31)32-15-16-7-3-2-4-8-16)22(28)26-21(23(29)30)13-17-14-25-19-10-6-5-9-18(17)19/h2-10,14,20-21,25H,11-13,15H2,1H3,(H,26,28)(H,27,31)(H,29,30). The highest BCUT2D eigenvalue weighted by atomic mass is 32.2. The van der Waals surface area contributed by atoms with Crippen LogP contribution in [0.3, 0.4) is 0 Å². The van der Waals surface area contributed by atoms with Crippen LogP contribution in [-0.2, 0) is 27.4 Å². The van der Waals surface area contributed by atoms with Gasteiger partial charge in [-0.25, -0.2) is 9.59 Å². The molecule has 2 aromatic carbocycles. The monoisotopic (exact) mass is 469 g/mol. The van der Waals surface area contributed by atoms with E-state index in [2.05, 4.69) is 15.6 Å². The molecular formula is C24H27N3O5S. The number of fused-ring (bicyclic) bond motifs is 1. The molecule has 8 nitrogen and oxygen atoms in total. The number of carbonyl (C=O) groups is 3. The van der Waals surface area contributed by atoms with Crippen molar-refractivity contribution in [2.75, 3.05) is 12.0 Å². The predicted molar refractivity (Wildman–Crippen MR) is 128 cm³/mol. The number of carbonyl (C=O) groups excluding carboxylic acids is 2. The number of aliphatic carboxylic acids is 1. The Morgan fingerprint density at radius 2 is 1.76 bits per heavy atom. The third-order valence-corrected chi connectivity index (χ3v) is 5.79. The molecule has 1 heterocycles. The molecule has 0 fully saturated rings. The highest BCUT2D eigenvalue weighted by Gasteiger charge is 2.27. The van der Waals surface area contributed by atoms with Crippen LogP contribution in [0.2, 0.25) is 0 Å². The summed E-state index contributed by atoms with van der Waals surface area (Å²) in [5, 5.41) is 15.7. The Labute approximate surface area is 196 Å². The Morgan fingerprint density at radius 3 is 2.48 bits per heavy atom. The van der Waals surface area contributed by atoms with Crippen LogP contribution < -0.4 is 10.6 Å². The molecule has 0 radical (unpaired) electrons. The van der Waals surface area contributed by atoms with E-state index in [0.29, 0.717) is 12.2 Å². The number of nitrogens with one attached hydrogen (secondary N) is 3. The van der Waals surface area contributed by atoms with Crippen molar-refractivity contribution in [1.82, 2.24) is 15.6 Å². The van der Waals surface area contributed by atoms with E-state index in [4.69, 9.17) is 4.74 Å². The summed E-state index contributed by atoms with van der Waals surface area (Å²) < 4.78 is 5.22. The van der Waals surface area contributed by atoms with Crippen molar-refractivity contribution >= 4 is 40.6 Å². The quantitative estimate of drug-likeness (QED) is 0.342. The van der Waals surface area contributed by atoms with E-state index >= 15 is 0 Å². The van der Waals surface area contributed by atoms with Crippen LogP contribution in [0.5, 0.6) is 0 Å². The highest BCUT2D eigenvalue weighted by Crippen LogP contribution is 2.19. The summed E-state index contributed by atoms with van der Waals surface area (Å²) in [5.41, 5.74) is 2.50. The number of ether oxygens (including phenoxy) is 1. The molecule has 2 atom stereocenters. The number of benzene rings is 2. The van der Waals surface area contributed by atoms with E-state index in [1.807, 2.05) is 60.9 Å². The van der Waals surface area contributed by atoms with Crippen LogP contribution in [0, 0.1) is 0 Å². The Hall–Kier alpha value is -3.46. The average Bonchev–Trinajstić information content (AvgIpc) is 3.23. The van der Waals surface area contributed by atoms with E-state index in [1.54, 1.807) is 6.20 Å². The number of hydrogen-bond donors (Lipinski definition) is 4. The maximum Gasteiger partial charge on any atom is 0.408 e. The van der Waals surface area contributed by atoms with Gasteiger partial charge in [0.2, 0.25) is 5.91 Å². The minimum Gasteiger partial charge on any atom is -0.480 e. The van der Waals surface area contributed by atoms with E-state index in [1.165, 1.54) is 11.8 Å². The van der Waals surface area contributed by atoms with Crippen LogP contribution in [-0.4, -0.2) is 52.2 Å². The van der Waals surface area contributed by atoms with Crippen molar-refractivity contribution < 1.29 is 24.2 Å². The van der Waals surface area contributed by atoms with E-state index in [9.17, 15) is 19.5 Å². The first-order valence-electron chi connectivity index (χ1n) is 10.5. The number of aromatic nitrogens is 1. The minimum absolute atomic E-state index is 0.0713. The lowest BCUT2D eigenvalue weighted by atomic mass is 10.0. The second-order valence-corrected chi connectivity index (χ2v) is 8.49. The molecule has 0 aliphatic heterocycles. The number of aromatic amines is 1. The third-order valence-electron chi connectivity index (χ3n) is 5.15. The Balaban J connectivity index is 1.63. The van der Waals surface area contributed by atoms with Gasteiger partial charge in [-0.1, -0.05) is 48.5 Å². The fraction of sp³-hybridized carbons (Fsp3) is 0.292. The lowest BCUT2D eigenvalue weighted by Gasteiger charge is -2.21. The summed E-state index contributed by atoms with van der Waals surface area (Å²) in [6.45, 7) is 0.0713. The van der Waals surface area contributed by atoms with Crippen molar-refractivity contribution in [3.63, 3.8) is 0 Å². The fourth-order valence-electron chi connectivity index (χ4n) is 3.40. The molecule has 2 unspecified atom stereocenters. The molecule has 1 aromatic heterocycles. The van der Waals surface area contributed by atoms with Gasteiger partial charge in [-0.2, -0.15) is 11.8 Å². The van der Waals surface area contributed by atoms with E-state index in [-0.39, 0.29) is 13.0 Å². The number of carboxylic acids is 1. The molecule has 3 rings (SSSR count). The molecule has 0 aliphatic carbocycles. The molecule has 0 aliphatic rings. The van der Waals surface area contributed by atoms with Gasteiger partial charge in [0.05, 0.1) is 0 Å². The van der Waals surface area contributed by atoms with Gasteiger partial charge in [0.25, 0.3) is 0 Å². The van der Waals surface area contributed by atoms with Crippen molar-refractivity contribution in [2.45, 2.75) is 31.5 Å². The van der Waals surface area contributed by atoms with Gasteiger partial charge >= 0.3 is 12.1 Å². The van der Waals surface area contributed by atoms with Gasteiger partial charge in [-0.15, -0.1) is 0 Å². The number of para-hydroxylation sites is 1. The zero-order chi connectivity index (χ0) is 23.6. The van der Waals surface area contributed by atoms with Gasteiger partial charge in [0.15, 0.2) is 0 Å². The predicted octanol–water partition coefficient (Wildman–Crippen LogP) is 3.33. The molecule has 0 saturated heterocycles. The van der Waals surface area contributed by atoms with E-state index < -0.39 is 30.1 Å². The normalized spacial score (nSPS) is 12.6. The van der Waals surface area contributed by atoms with Crippen molar-refractivity contribution in [3.05, 3.63) is 71.9 Å². The lowest BCUT2D eigenvalue weighted by Crippen LogP contribution is -2.52. The van der Waals surface area contributed by atoms with Crippen LogP contribution in [0.25, 0.3) is 10.9 Å². The molecule has 9 heteroatoms. The second-order valence-electron chi connectivity index (χ2n) is 7.50. The Morgan fingerprint density at radius 1 is 1.03 bits per heavy atom. The zero-order valence-electron chi connectivity index (χ0n) is 18.2. The number of thioether (sulfide) groups is 1. The largest absolute Gasteiger partial charge is 0.480 e. The van der Waals surface area contributed by atoms with Crippen molar-refractivity contribution in [1.29, 1.82) is 0 Å². The SMILES string of the molecule is CSCCC(NC(=O)OCc1ccccc1)C(=O)NC(Cc1c[nH]c2ccccc12)C(=O)O. The summed E-state index contributed by atoms with van der Waals surface area (Å²) in [6, 6.07) is 14.7. The van der Waals surface area contributed by atoms with Gasteiger partial charge in [0, 0.05) is 23.5 Å². The summed E-state index contributed by atoms with van der Waals surface area (Å²) in [5.74, 6) is -1.10. The number of hydrogen-bond acceptors (Lipinski definition) is 5. The summed E-state index contributed by atoms with van der Waals surface area (Å²) in [6.07, 6.45) is 3.35. The lowest BCUT2D eigenvalue weighted by molar-refractivity contribution is -0.142. The fourth-order valence-corrected chi connectivity index (χ4v) is 3.88. The van der Waals surface area contributed by atoms with Gasteiger partial charge in [-0.3, -0.25) is 4.79 Å². The van der Waals surface area contributed by atoms with E-state index in [0.717, 1.165) is 22.0 Å². The number of H-pyrrole nitrogens is 1. The Bertz CT molecular complexity index is 1090. The van der Waals surface area contributed by atoms with Crippen LogP contribution in [0.1, 0.15) is 17.5 Å². The molecule has 4 N–H and O–H groups in total. The number of carboxylic acid groups (broad SMARTS) is 1.